The average Bonchev–Trinajstić information content (AvgIpc) is 2.10. The molecule has 1 rings (SSSR count). The highest BCUT2D eigenvalue weighted by Gasteiger charge is 2.14. The Bertz CT molecular complexity index is 352. The van der Waals surface area contributed by atoms with Crippen LogP contribution in [0.1, 0.15) is 10.4 Å². The predicted molar refractivity (Wildman–Crippen MR) is 44.9 cm³/mol. The van der Waals surface area contributed by atoms with Gasteiger partial charge in [0.1, 0.15) is 11.6 Å². The summed E-state index contributed by atoms with van der Waals surface area (Å²) in [6, 6.07) is 1.58. The summed E-state index contributed by atoms with van der Waals surface area (Å²) in [6.07, 6.45) is 0. The number of thiol groups is 1. The minimum Gasteiger partial charge on any atom is -0.465 e. The summed E-state index contributed by atoms with van der Waals surface area (Å²) >= 11 is 3.70. The lowest BCUT2D eigenvalue weighted by atomic mass is 10.2. The summed E-state index contributed by atoms with van der Waals surface area (Å²) in [6.45, 7) is 0. The van der Waals surface area contributed by atoms with Gasteiger partial charge in [0.2, 0.25) is 0 Å². The molecule has 0 aliphatic heterocycles. The monoisotopic (exact) mass is 204 g/mol. The van der Waals surface area contributed by atoms with E-state index in [0.29, 0.717) is 6.07 Å². The van der Waals surface area contributed by atoms with E-state index in [2.05, 4.69) is 17.4 Å². The van der Waals surface area contributed by atoms with Gasteiger partial charge in [-0.15, -0.1) is 12.6 Å². The molecule has 5 heteroatoms. The minimum atomic E-state index is -0.956. The first-order valence-electron chi connectivity index (χ1n) is 3.32. The molecule has 1 aromatic carbocycles. The van der Waals surface area contributed by atoms with E-state index < -0.39 is 17.6 Å². The van der Waals surface area contributed by atoms with Crippen LogP contribution in [0.2, 0.25) is 0 Å². The summed E-state index contributed by atoms with van der Waals surface area (Å²) in [7, 11) is 1.11. The Balaban J connectivity index is 3.23. The second-order valence-electron chi connectivity index (χ2n) is 2.28. The first-order chi connectivity index (χ1) is 6.06. The Morgan fingerprint density at radius 3 is 2.54 bits per heavy atom. The zero-order valence-corrected chi connectivity index (χ0v) is 7.57. The second kappa shape index (κ2) is 3.74. The molecule has 13 heavy (non-hydrogen) atoms. The molecule has 2 nitrogen and oxygen atoms in total. The van der Waals surface area contributed by atoms with Gasteiger partial charge in [0.15, 0.2) is 0 Å². The molecule has 0 aliphatic rings. The first kappa shape index (κ1) is 9.98. The molecule has 0 saturated carbocycles. The van der Waals surface area contributed by atoms with Crippen molar-refractivity contribution in [2.75, 3.05) is 7.11 Å². The van der Waals surface area contributed by atoms with Gasteiger partial charge in [0, 0.05) is 11.0 Å². The van der Waals surface area contributed by atoms with Crippen molar-refractivity contribution in [3.8, 4) is 0 Å². The maximum Gasteiger partial charge on any atom is 0.340 e. The molecule has 0 radical (unpaired) electrons. The highest BCUT2D eigenvalue weighted by molar-refractivity contribution is 7.80. The van der Waals surface area contributed by atoms with Crippen molar-refractivity contribution in [3.05, 3.63) is 29.3 Å². The molecule has 0 aromatic heterocycles. The topological polar surface area (TPSA) is 26.3 Å². The largest absolute Gasteiger partial charge is 0.465 e. The smallest absolute Gasteiger partial charge is 0.340 e. The Labute approximate surface area is 78.9 Å². The van der Waals surface area contributed by atoms with Crippen molar-refractivity contribution >= 4 is 18.6 Å². The van der Waals surface area contributed by atoms with E-state index in [-0.39, 0.29) is 10.5 Å². The van der Waals surface area contributed by atoms with Crippen LogP contribution in [0.5, 0.6) is 0 Å². The standard InChI is InChI=1S/C8H6F2O2S/c1-12-8(11)4-2-7(13)6(10)3-5(4)9/h2-3,13H,1H3. The minimum absolute atomic E-state index is 0.0956. The number of hydrogen-bond donors (Lipinski definition) is 1. The van der Waals surface area contributed by atoms with E-state index in [4.69, 9.17) is 0 Å². The zero-order chi connectivity index (χ0) is 10.0. The molecule has 0 saturated heterocycles. The number of carbonyl (C=O) groups is 1. The summed E-state index contributed by atoms with van der Waals surface area (Å²) in [4.78, 5) is 10.8. The maximum absolute atomic E-state index is 12.9. The molecule has 0 aliphatic carbocycles. The van der Waals surface area contributed by atoms with Gasteiger partial charge in [-0.05, 0) is 6.07 Å². The maximum atomic E-state index is 12.9. The third-order valence-corrected chi connectivity index (χ3v) is 1.78. The van der Waals surface area contributed by atoms with E-state index in [1.807, 2.05) is 0 Å². The van der Waals surface area contributed by atoms with Crippen LogP contribution in [-0.2, 0) is 4.74 Å². The Kier molecular flexibility index (Phi) is 2.87. The summed E-state index contributed by atoms with van der Waals surface area (Å²) in [5.41, 5.74) is -0.325. The third-order valence-electron chi connectivity index (χ3n) is 1.44. The zero-order valence-electron chi connectivity index (χ0n) is 6.67. The van der Waals surface area contributed by atoms with E-state index >= 15 is 0 Å². The number of esters is 1. The van der Waals surface area contributed by atoms with Crippen LogP contribution in [0.15, 0.2) is 17.0 Å². The predicted octanol–water partition coefficient (Wildman–Crippen LogP) is 2.04. The van der Waals surface area contributed by atoms with Crippen molar-refractivity contribution in [3.63, 3.8) is 0 Å². The molecule has 0 heterocycles. The number of rotatable bonds is 1. The number of methoxy groups -OCH3 is 1. The normalized spacial score (nSPS) is 9.85. The van der Waals surface area contributed by atoms with Gasteiger partial charge in [-0.1, -0.05) is 0 Å². The molecule has 0 N–H and O–H groups in total. The lowest BCUT2D eigenvalue weighted by Gasteiger charge is -2.02. The molecule has 0 amide bonds. The molecular weight excluding hydrogens is 198 g/mol. The molecule has 70 valence electrons. The molecule has 0 fully saturated rings. The Morgan fingerprint density at radius 1 is 1.38 bits per heavy atom. The molecule has 0 unspecified atom stereocenters. The van der Waals surface area contributed by atoms with E-state index in [1.165, 1.54) is 0 Å². The van der Waals surface area contributed by atoms with Gasteiger partial charge in [-0.3, -0.25) is 0 Å². The van der Waals surface area contributed by atoms with Crippen molar-refractivity contribution < 1.29 is 18.3 Å². The number of carbonyl (C=O) groups excluding carboxylic acids is 1. The molecule has 0 bridgehead atoms. The van der Waals surface area contributed by atoms with Crippen LogP contribution < -0.4 is 0 Å². The lowest BCUT2D eigenvalue weighted by molar-refractivity contribution is 0.0595. The third kappa shape index (κ3) is 1.98. The summed E-state index contributed by atoms with van der Waals surface area (Å²) < 4.78 is 29.8. The molecule has 1 aromatic rings. The number of halogens is 2. The number of hydrogen-bond acceptors (Lipinski definition) is 3. The lowest BCUT2D eigenvalue weighted by Crippen LogP contribution is -2.05. The van der Waals surface area contributed by atoms with Gasteiger partial charge in [0.05, 0.1) is 12.7 Å². The van der Waals surface area contributed by atoms with Crippen LogP contribution in [0.4, 0.5) is 8.78 Å². The molecular formula is C8H6F2O2S. The van der Waals surface area contributed by atoms with E-state index in [1.54, 1.807) is 0 Å². The van der Waals surface area contributed by atoms with Crippen LogP contribution in [-0.4, -0.2) is 13.1 Å². The molecule has 0 spiro atoms. The van der Waals surface area contributed by atoms with Crippen molar-refractivity contribution in [1.82, 2.24) is 0 Å². The van der Waals surface area contributed by atoms with Gasteiger partial charge in [0.25, 0.3) is 0 Å². The van der Waals surface area contributed by atoms with Crippen molar-refractivity contribution in [2.24, 2.45) is 0 Å². The summed E-state index contributed by atoms with van der Waals surface area (Å²) in [5.74, 6) is -2.62. The first-order valence-corrected chi connectivity index (χ1v) is 3.77. The number of ether oxygens (including phenoxy) is 1. The van der Waals surface area contributed by atoms with Crippen LogP contribution in [0.3, 0.4) is 0 Å². The highest BCUT2D eigenvalue weighted by Crippen LogP contribution is 2.18. The SMILES string of the molecule is COC(=O)c1cc(S)c(F)cc1F. The number of benzene rings is 1. The van der Waals surface area contributed by atoms with Crippen LogP contribution in [0.25, 0.3) is 0 Å². The molecule has 0 atom stereocenters. The van der Waals surface area contributed by atoms with Crippen LogP contribution in [0, 0.1) is 11.6 Å². The fourth-order valence-electron chi connectivity index (χ4n) is 0.804. The second-order valence-corrected chi connectivity index (χ2v) is 2.76. The van der Waals surface area contributed by atoms with Crippen molar-refractivity contribution in [1.29, 1.82) is 0 Å². The summed E-state index contributed by atoms with van der Waals surface area (Å²) in [5, 5.41) is 0. The van der Waals surface area contributed by atoms with Crippen molar-refractivity contribution in [2.45, 2.75) is 4.90 Å². The van der Waals surface area contributed by atoms with Gasteiger partial charge in [-0.2, -0.15) is 0 Å². The van der Waals surface area contributed by atoms with Gasteiger partial charge < -0.3 is 4.74 Å². The van der Waals surface area contributed by atoms with E-state index in [0.717, 1.165) is 13.2 Å². The fourth-order valence-corrected chi connectivity index (χ4v) is 0.998. The van der Waals surface area contributed by atoms with E-state index in [9.17, 15) is 13.6 Å². The highest BCUT2D eigenvalue weighted by atomic mass is 32.1. The van der Waals surface area contributed by atoms with Gasteiger partial charge in [-0.25, -0.2) is 13.6 Å². The quantitative estimate of drug-likeness (QED) is 0.559. The fraction of sp³-hybridized carbons (Fsp3) is 0.125. The Hall–Kier alpha value is -1.10. The average molecular weight is 204 g/mol. The Morgan fingerprint density at radius 2 is 2.00 bits per heavy atom. The van der Waals surface area contributed by atoms with Gasteiger partial charge >= 0.3 is 5.97 Å². The van der Waals surface area contributed by atoms with Crippen LogP contribution >= 0.6 is 12.6 Å².